The molecule has 5 rings (SSSR count). The van der Waals surface area contributed by atoms with Crippen LogP contribution in [0.5, 0.6) is 5.75 Å². The lowest BCUT2D eigenvalue weighted by atomic mass is 9.90. The molecule has 1 aliphatic heterocycles. The van der Waals surface area contributed by atoms with Gasteiger partial charge in [-0.05, 0) is 43.2 Å². The van der Waals surface area contributed by atoms with Gasteiger partial charge in [0.1, 0.15) is 42.3 Å². The SMILES string of the molecule is CCCCCCCCCCCCCCCCCCOC[C@H](COP(=O)(O)OC1[C@H]2O[C@@](C#N)(c3ccc4c(N)ncnn34)[C@H](O)[C@@]12O)Oc1cc(C)c(C#N)cc1F. The van der Waals surface area contributed by atoms with E-state index in [9.17, 15) is 34.6 Å². The van der Waals surface area contributed by atoms with Gasteiger partial charge in [0.15, 0.2) is 23.0 Å². The number of aryl methyl sites for hydroxylation is 1. The third-order valence-corrected chi connectivity index (χ3v) is 12.0. The Kier molecular flexibility index (Phi) is 16.4. The van der Waals surface area contributed by atoms with Crippen LogP contribution < -0.4 is 10.5 Å². The molecule has 2 unspecified atom stereocenters. The number of phosphoric ester groups is 1. The summed E-state index contributed by atoms with van der Waals surface area (Å²) in [5.41, 5.74) is 2.51. The minimum Gasteiger partial charge on any atom is -0.482 e. The lowest BCUT2D eigenvalue weighted by Gasteiger charge is -2.29. The topological polar surface area (TPSA) is 228 Å². The average Bonchev–Trinajstić information content (AvgIpc) is 3.44. The number of halogens is 1. The number of nitriles is 2. The van der Waals surface area contributed by atoms with Gasteiger partial charge < -0.3 is 35.1 Å². The van der Waals surface area contributed by atoms with Crippen molar-refractivity contribution in [1.82, 2.24) is 14.6 Å². The standard InChI is InChI=1S/C41H58FN6O9P/c1-3-4-5-6-7-8-9-10-11-12-13-14-15-16-17-18-21-53-25-31(55-34-22-29(2)30(24-43)23-32(34)42)26-54-58(51,52)57-37-36-41(37,50)39(49)40(27-44,56-36)35-20-19-33-38(45)46-28-47-48(33)35/h19-20,22-23,28,31,36-37,39,49-50H,3-18,21,25-26H2,1-2H3,(H,51,52)(H2,45,46,47)/t31-,36-,37?,39+,40+,41+/m1/s1. The van der Waals surface area contributed by atoms with Crippen molar-refractivity contribution in [3.05, 3.63) is 53.2 Å². The average molecular weight is 829 g/mol. The number of nitrogen functional groups attached to an aromatic ring is 1. The number of aliphatic hydroxyl groups is 2. The van der Waals surface area contributed by atoms with Crippen LogP contribution >= 0.6 is 7.82 Å². The Morgan fingerprint density at radius 3 is 2.19 bits per heavy atom. The highest BCUT2D eigenvalue weighted by atomic mass is 31.2. The summed E-state index contributed by atoms with van der Waals surface area (Å²) in [6, 6.07) is 9.16. The molecule has 17 heteroatoms. The lowest BCUT2D eigenvalue weighted by Crippen LogP contribution is -2.47. The van der Waals surface area contributed by atoms with Gasteiger partial charge in [0, 0.05) is 6.61 Å². The highest BCUT2D eigenvalue weighted by Gasteiger charge is 2.83. The van der Waals surface area contributed by atoms with Crippen molar-refractivity contribution in [2.24, 2.45) is 0 Å². The molecule has 2 fully saturated rings. The predicted molar refractivity (Wildman–Crippen MR) is 212 cm³/mol. The summed E-state index contributed by atoms with van der Waals surface area (Å²) >= 11 is 0. The highest BCUT2D eigenvalue weighted by molar-refractivity contribution is 7.47. The van der Waals surface area contributed by atoms with Crippen molar-refractivity contribution in [1.29, 1.82) is 10.5 Å². The minimum atomic E-state index is -4.99. The lowest BCUT2D eigenvalue weighted by molar-refractivity contribution is -0.106. The Balaban J connectivity index is 1.07. The molecule has 1 saturated heterocycles. The van der Waals surface area contributed by atoms with E-state index in [2.05, 4.69) is 17.0 Å². The van der Waals surface area contributed by atoms with Crippen molar-refractivity contribution < 1.29 is 47.3 Å². The number of anilines is 1. The molecule has 0 bridgehead atoms. The Morgan fingerprint density at radius 1 is 1.00 bits per heavy atom. The first-order valence-electron chi connectivity index (χ1n) is 20.6. The van der Waals surface area contributed by atoms with Gasteiger partial charge in [-0.15, -0.1) is 0 Å². The number of rotatable bonds is 27. The molecule has 58 heavy (non-hydrogen) atoms. The molecule has 7 atom stereocenters. The largest absolute Gasteiger partial charge is 0.482 e. The summed E-state index contributed by atoms with van der Waals surface area (Å²) in [4.78, 5) is 14.6. The van der Waals surface area contributed by atoms with Gasteiger partial charge in [-0.3, -0.25) is 9.05 Å². The van der Waals surface area contributed by atoms with E-state index in [0.29, 0.717) is 17.7 Å². The van der Waals surface area contributed by atoms with Crippen LogP contribution in [0.1, 0.15) is 126 Å². The van der Waals surface area contributed by atoms with Crippen LogP contribution in [0.2, 0.25) is 0 Å². The molecular weight excluding hydrogens is 770 g/mol. The molecule has 5 N–H and O–H groups in total. The summed E-state index contributed by atoms with van der Waals surface area (Å²) in [5, 5.41) is 46.1. The Labute approximate surface area is 339 Å². The maximum Gasteiger partial charge on any atom is 0.472 e. The number of ether oxygens (including phenoxy) is 3. The van der Waals surface area contributed by atoms with Crippen LogP contribution in [0.15, 0.2) is 30.6 Å². The molecule has 2 aromatic heterocycles. The summed E-state index contributed by atoms with van der Waals surface area (Å²) < 4.78 is 57.3. The van der Waals surface area contributed by atoms with E-state index in [1.807, 2.05) is 12.1 Å². The number of aromatic nitrogens is 3. The normalized spacial score (nSPS) is 23.9. The summed E-state index contributed by atoms with van der Waals surface area (Å²) in [7, 11) is -4.99. The maximum absolute atomic E-state index is 14.9. The molecule has 1 saturated carbocycles. The number of aliphatic hydroxyl groups excluding tert-OH is 1. The van der Waals surface area contributed by atoms with Crippen molar-refractivity contribution in [2.75, 3.05) is 25.6 Å². The highest BCUT2D eigenvalue weighted by Crippen LogP contribution is 2.63. The van der Waals surface area contributed by atoms with Gasteiger partial charge in [0.05, 0.1) is 30.5 Å². The van der Waals surface area contributed by atoms with Crippen LogP contribution in [-0.4, -0.2) is 79.5 Å². The van der Waals surface area contributed by atoms with E-state index in [4.69, 9.17) is 29.0 Å². The van der Waals surface area contributed by atoms with Gasteiger partial charge in [-0.1, -0.05) is 103 Å². The second kappa shape index (κ2) is 21.0. The van der Waals surface area contributed by atoms with Gasteiger partial charge in [-0.25, -0.2) is 18.5 Å². The molecule has 0 amide bonds. The first-order chi connectivity index (χ1) is 27.9. The van der Waals surface area contributed by atoms with Crippen LogP contribution in [0.3, 0.4) is 0 Å². The van der Waals surface area contributed by atoms with Gasteiger partial charge >= 0.3 is 7.82 Å². The Bertz CT molecular complexity index is 1940. The van der Waals surface area contributed by atoms with Crippen LogP contribution in [0, 0.1) is 35.4 Å². The summed E-state index contributed by atoms with van der Waals surface area (Å²) in [5.74, 6) is -0.904. The number of unbranched alkanes of at least 4 members (excludes halogenated alkanes) is 15. The first-order valence-corrected chi connectivity index (χ1v) is 22.1. The zero-order chi connectivity index (χ0) is 41.8. The Morgan fingerprint density at radius 2 is 1.62 bits per heavy atom. The number of fused-ring (bicyclic) bond motifs is 2. The fraction of sp³-hybridized carbons (Fsp3) is 0.659. The van der Waals surface area contributed by atoms with Crippen molar-refractivity contribution in [3.63, 3.8) is 0 Å². The molecule has 15 nitrogen and oxygen atoms in total. The molecular formula is C41H58FN6O9P. The number of benzene rings is 1. The molecule has 318 valence electrons. The molecule has 0 radical (unpaired) electrons. The van der Waals surface area contributed by atoms with Crippen LogP contribution in [0.4, 0.5) is 10.2 Å². The van der Waals surface area contributed by atoms with E-state index in [1.165, 1.54) is 99.8 Å². The van der Waals surface area contributed by atoms with Crippen LogP contribution in [0.25, 0.3) is 5.52 Å². The smallest absolute Gasteiger partial charge is 0.472 e. The van der Waals surface area contributed by atoms with Crippen molar-refractivity contribution in [3.8, 4) is 17.9 Å². The number of hydrogen-bond donors (Lipinski definition) is 4. The molecule has 0 spiro atoms. The van der Waals surface area contributed by atoms with Crippen molar-refractivity contribution in [2.45, 2.75) is 152 Å². The molecule has 3 heterocycles. The fourth-order valence-electron chi connectivity index (χ4n) is 7.59. The van der Waals surface area contributed by atoms with Gasteiger partial charge in [-0.2, -0.15) is 15.6 Å². The second-order valence-electron chi connectivity index (χ2n) is 15.5. The minimum absolute atomic E-state index is 0.0549. The maximum atomic E-state index is 14.9. The number of phosphoric acid groups is 1. The van der Waals surface area contributed by atoms with Gasteiger partial charge in [0.25, 0.3) is 0 Å². The number of hydrogen-bond acceptors (Lipinski definition) is 13. The van der Waals surface area contributed by atoms with Gasteiger partial charge in [0.2, 0.25) is 5.60 Å². The summed E-state index contributed by atoms with van der Waals surface area (Å²) in [6.45, 7) is 3.53. The van der Waals surface area contributed by atoms with Crippen LogP contribution in [-0.2, 0) is 28.7 Å². The van der Waals surface area contributed by atoms with Crippen molar-refractivity contribution >= 4 is 19.2 Å². The third-order valence-electron chi connectivity index (χ3n) is 11.1. The quantitative estimate of drug-likeness (QED) is 0.0445. The van der Waals surface area contributed by atoms with E-state index < -0.39 is 55.9 Å². The van der Waals surface area contributed by atoms with E-state index in [0.717, 1.165) is 38.1 Å². The number of nitrogens with zero attached hydrogens (tertiary/aromatic N) is 5. The zero-order valence-electron chi connectivity index (χ0n) is 33.6. The predicted octanol–water partition coefficient (Wildman–Crippen LogP) is 7.08. The fourth-order valence-corrected chi connectivity index (χ4v) is 8.57. The van der Waals surface area contributed by atoms with E-state index in [1.54, 1.807) is 6.92 Å². The molecule has 2 aliphatic rings. The Hall–Kier alpha value is -3.70. The number of nitrogens with two attached hydrogens (primary N) is 1. The van der Waals surface area contributed by atoms with E-state index in [-0.39, 0.29) is 29.4 Å². The first kappa shape index (κ1) is 45.4. The second-order valence-corrected chi connectivity index (χ2v) is 16.9. The molecule has 1 aromatic carbocycles. The zero-order valence-corrected chi connectivity index (χ0v) is 34.5. The third kappa shape index (κ3) is 10.9. The molecule has 1 aliphatic carbocycles. The monoisotopic (exact) mass is 828 g/mol. The molecule has 3 aromatic rings. The van der Waals surface area contributed by atoms with E-state index >= 15 is 0 Å². The summed E-state index contributed by atoms with van der Waals surface area (Å²) in [6.07, 6.45) is 15.0.